The molecule has 3 rings (SSSR count). The van der Waals surface area contributed by atoms with Crippen molar-refractivity contribution in [1.82, 2.24) is 20.1 Å². The summed E-state index contributed by atoms with van der Waals surface area (Å²) in [5.74, 6) is -1.62. The molecular weight excluding hydrogens is 641 g/mol. The van der Waals surface area contributed by atoms with Gasteiger partial charge in [-0.05, 0) is 56.2 Å². The van der Waals surface area contributed by atoms with Crippen molar-refractivity contribution < 1.29 is 29.0 Å². The summed E-state index contributed by atoms with van der Waals surface area (Å²) in [4.78, 5) is 61.8. The van der Waals surface area contributed by atoms with E-state index in [0.29, 0.717) is 24.4 Å². The number of benzene rings is 1. The lowest BCUT2D eigenvalue weighted by Gasteiger charge is -2.39. The van der Waals surface area contributed by atoms with Gasteiger partial charge in [0.25, 0.3) is 5.91 Å². The van der Waals surface area contributed by atoms with Gasteiger partial charge < -0.3 is 20.1 Å². The van der Waals surface area contributed by atoms with Crippen LogP contribution in [0.25, 0.3) is 0 Å². The SMILES string of the molecule is CC[C@H](C)[C@H](CC(=O)[C@H]1CCCCN1C)C(=O)N(COC(=O)CC(C)C)[C@H](C[C@@H](O)c1nc(C(=O)NCCc2ccccc2)cs1)C(C)C. The van der Waals surface area contributed by atoms with E-state index in [1.54, 1.807) is 10.3 Å². The number of piperidine rings is 1. The fraction of sp³-hybridized carbons (Fsp3) is 0.658. The van der Waals surface area contributed by atoms with Crippen LogP contribution < -0.4 is 5.32 Å². The number of hydrogen-bond acceptors (Lipinski definition) is 9. The first-order chi connectivity index (χ1) is 23.3. The smallest absolute Gasteiger partial charge is 0.307 e. The van der Waals surface area contributed by atoms with E-state index in [1.807, 2.05) is 78.9 Å². The molecule has 272 valence electrons. The number of likely N-dealkylation sites (tertiary alicyclic amines) is 1. The predicted octanol–water partition coefficient (Wildman–Crippen LogP) is 6.04. The second-order valence-corrected chi connectivity index (χ2v) is 15.2. The Morgan fingerprint density at radius 1 is 1.08 bits per heavy atom. The van der Waals surface area contributed by atoms with Crippen LogP contribution in [0.4, 0.5) is 0 Å². The van der Waals surface area contributed by atoms with Crippen LogP contribution in [-0.4, -0.2) is 82.4 Å². The number of ether oxygens (including phenoxy) is 1. The molecule has 49 heavy (non-hydrogen) atoms. The van der Waals surface area contributed by atoms with Crippen molar-refractivity contribution in [3.05, 3.63) is 52.0 Å². The molecule has 5 atom stereocenters. The van der Waals surface area contributed by atoms with Gasteiger partial charge in [0.15, 0.2) is 12.5 Å². The van der Waals surface area contributed by atoms with E-state index in [0.717, 1.165) is 31.4 Å². The topological polar surface area (TPSA) is 129 Å². The zero-order valence-electron chi connectivity index (χ0n) is 30.5. The molecule has 10 nitrogen and oxygen atoms in total. The number of nitrogens with one attached hydrogen (secondary N) is 1. The van der Waals surface area contributed by atoms with Gasteiger partial charge in [0.2, 0.25) is 5.91 Å². The zero-order valence-corrected chi connectivity index (χ0v) is 31.3. The summed E-state index contributed by atoms with van der Waals surface area (Å²) >= 11 is 1.19. The molecule has 1 saturated heterocycles. The van der Waals surface area contributed by atoms with E-state index in [1.165, 1.54) is 11.3 Å². The summed E-state index contributed by atoms with van der Waals surface area (Å²) < 4.78 is 5.69. The molecule has 1 aliphatic rings. The van der Waals surface area contributed by atoms with Crippen LogP contribution in [0.2, 0.25) is 0 Å². The number of nitrogens with zero attached hydrogens (tertiary/aromatic N) is 3. The average molecular weight is 699 g/mol. The Labute approximate surface area is 297 Å². The number of carbonyl (C=O) groups is 4. The van der Waals surface area contributed by atoms with Crippen LogP contribution in [-0.2, 0) is 25.5 Å². The van der Waals surface area contributed by atoms with Gasteiger partial charge in [-0.3, -0.25) is 24.1 Å². The lowest BCUT2D eigenvalue weighted by molar-refractivity contribution is -0.161. The molecule has 1 aromatic carbocycles. The fourth-order valence-electron chi connectivity index (χ4n) is 6.41. The molecule has 0 radical (unpaired) electrons. The second-order valence-electron chi connectivity index (χ2n) is 14.3. The summed E-state index contributed by atoms with van der Waals surface area (Å²) in [6.45, 7) is 12.8. The van der Waals surface area contributed by atoms with Crippen molar-refractivity contribution in [3.63, 3.8) is 0 Å². The average Bonchev–Trinajstić information content (AvgIpc) is 3.57. The molecule has 2 amide bonds. The highest BCUT2D eigenvalue weighted by atomic mass is 32.1. The van der Waals surface area contributed by atoms with Crippen LogP contribution in [0.5, 0.6) is 0 Å². The van der Waals surface area contributed by atoms with Crippen LogP contribution in [0.15, 0.2) is 35.7 Å². The molecule has 1 aromatic heterocycles. The molecule has 0 unspecified atom stereocenters. The van der Waals surface area contributed by atoms with Crippen LogP contribution >= 0.6 is 11.3 Å². The van der Waals surface area contributed by atoms with Gasteiger partial charge in [0, 0.05) is 43.1 Å². The summed E-state index contributed by atoms with van der Waals surface area (Å²) in [6.07, 6.45) is 3.61. The normalized spacial score (nSPS) is 17.7. The molecule has 1 fully saturated rings. The first-order valence-electron chi connectivity index (χ1n) is 18.0. The minimum Gasteiger partial charge on any atom is -0.444 e. The molecule has 0 spiro atoms. The van der Waals surface area contributed by atoms with Crippen LogP contribution in [0.1, 0.15) is 114 Å². The van der Waals surface area contributed by atoms with Crippen molar-refractivity contribution in [1.29, 1.82) is 0 Å². The zero-order chi connectivity index (χ0) is 36.1. The van der Waals surface area contributed by atoms with Crippen molar-refractivity contribution in [3.8, 4) is 0 Å². The van der Waals surface area contributed by atoms with Gasteiger partial charge >= 0.3 is 5.97 Å². The van der Waals surface area contributed by atoms with Crippen molar-refractivity contribution >= 4 is 34.9 Å². The monoisotopic (exact) mass is 698 g/mol. The van der Waals surface area contributed by atoms with Gasteiger partial charge in [-0.1, -0.05) is 84.7 Å². The summed E-state index contributed by atoms with van der Waals surface area (Å²) in [7, 11) is 1.97. The lowest BCUT2D eigenvalue weighted by atomic mass is 9.82. The molecule has 0 saturated carbocycles. The Morgan fingerprint density at radius 2 is 1.80 bits per heavy atom. The van der Waals surface area contributed by atoms with Gasteiger partial charge in [-0.15, -0.1) is 11.3 Å². The van der Waals surface area contributed by atoms with Crippen LogP contribution in [0.3, 0.4) is 0 Å². The van der Waals surface area contributed by atoms with Crippen molar-refractivity contribution in [2.75, 3.05) is 26.9 Å². The number of aliphatic hydroxyl groups excluding tert-OH is 1. The number of hydrogen-bond donors (Lipinski definition) is 2. The fourth-order valence-corrected chi connectivity index (χ4v) is 7.21. The molecule has 0 aliphatic carbocycles. The van der Waals surface area contributed by atoms with Crippen LogP contribution in [0, 0.1) is 23.7 Å². The molecule has 2 heterocycles. The number of carbonyl (C=O) groups excluding carboxylic acids is 4. The maximum atomic E-state index is 14.6. The van der Waals surface area contributed by atoms with E-state index in [4.69, 9.17) is 4.74 Å². The molecule has 2 N–H and O–H groups in total. The number of Topliss-reactive ketones (excluding diaryl/α,β-unsaturated/α-hetero) is 1. The van der Waals surface area contributed by atoms with E-state index in [2.05, 4.69) is 15.2 Å². The Morgan fingerprint density at radius 3 is 2.43 bits per heavy atom. The maximum absolute atomic E-state index is 14.6. The Kier molecular flexibility index (Phi) is 16.3. The maximum Gasteiger partial charge on any atom is 0.307 e. The number of aliphatic hydroxyl groups is 1. The second kappa shape index (κ2) is 19.9. The largest absolute Gasteiger partial charge is 0.444 e. The first-order valence-corrected chi connectivity index (χ1v) is 18.8. The molecule has 11 heteroatoms. The first kappa shape index (κ1) is 40.3. The molecule has 2 aromatic rings. The predicted molar refractivity (Wildman–Crippen MR) is 193 cm³/mol. The number of rotatable bonds is 19. The van der Waals surface area contributed by atoms with E-state index in [9.17, 15) is 24.3 Å². The quantitative estimate of drug-likeness (QED) is 0.134. The third-order valence-corrected chi connectivity index (χ3v) is 10.6. The van der Waals surface area contributed by atoms with E-state index in [-0.39, 0.29) is 73.1 Å². The van der Waals surface area contributed by atoms with E-state index < -0.39 is 24.0 Å². The molecular formula is C38H58N4O6S. The lowest BCUT2D eigenvalue weighted by Crippen LogP contribution is -2.50. The number of likely N-dealkylation sites (N-methyl/N-ethyl adjacent to an activating group) is 1. The van der Waals surface area contributed by atoms with Crippen molar-refractivity contribution in [2.24, 2.45) is 23.7 Å². The van der Waals surface area contributed by atoms with Gasteiger partial charge in [0.1, 0.15) is 16.8 Å². The molecule has 1 aliphatic heterocycles. The third-order valence-electron chi connectivity index (χ3n) is 9.65. The van der Waals surface area contributed by atoms with Crippen molar-refractivity contribution in [2.45, 2.75) is 111 Å². The highest BCUT2D eigenvalue weighted by molar-refractivity contribution is 7.09. The highest BCUT2D eigenvalue weighted by Gasteiger charge is 2.39. The number of esters is 1. The Balaban J connectivity index is 1.80. The highest BCUT2D eigenvalue weighted by Crippen LogP contribution is 2.31. The van der Waals surface area contributed by atoms with Gasteiger partial charge in [-0.25, -0.2) is 4.98 Å². The van der Waals surface area contributed by atoms with Gasteiger partial charge in [-0.2, -0.15) is 0 Å². The summed E-state index contributed by atoms with van der Waals surface area (Å²) in [5.41, 5.74) is 1.35. The third kappa shape index (κ3) is 12.3. The Hall–Kier alpha value is -3.15. The van der Waals surface area contributed by atoms with Gasteiger partial charge in [0.05, 0.1) is 6.04 Å². The number of aromatic nitrogens is 1. The standard InChI is InChI=1S/C38H58N4O6S/c1-8-27(6)29(21-33(43)31-16-12-13-19-41(31)7)38(47)42(24-48-35(45)20-25(2)3)32(26(4)5)22-34(44)37-40-30(23-49-37)36(46)39-18-17-28-14-10-9-11-15-28/h9-11,14-15,23,25-27,29,31-32,34,44H,8,12-13,16-22,24H2,1-7H3,(H,39,46)/t27-,29-,31+,32+,34+/m0/s1. The minimum atomic E-state index is -1.07. The summed E-state index contributed by atoms with van der Waals surface area (Å²) in [6, 6.07) is 9.15. The Bertz CT molecular complexity index is 1350. The van der Waals surface area contributed by atoms with E-state index >= 15 is 0 Å². The molecule has 0 bridgehead atoms. The minimum absolute atomic E-state index is 0.0658. The number of ketones is 1. The number of amides is 2. The summed E-state index contributed by atoms with van der Waals surface area (Å²) in [5, 5.41) is 16.3. The number of thiazole rings is 1.